The van der Waals surface area contributed by atoms with Gasteiger partial charge in [-0.1, -0.05) is 6.07 Å². The summed E-state index contributed by atoms with van der Waals surface area (Å²) in [6.07, 6.45) is 0. The first-order valence-electron chi connectivity index (χ1n) is 4.15. The SMILES string of the molecule is O=C1NC(=O)[C@H](c2ccc(B(O)O)s2)N1. The Morgan fingerprint density at radius 1 is 1.33 bits per heavy atom. The van der Waals surface area contributed by atoms with Crippen molar-refractivity contribution in [3.8, 4) is 0 Å². The lowest BCUT2D eigenvalue weighted by Gasteiger charge is -2.02. The van der Waals surface area contributed by atoms with Crippen molar-refractivity contribution >= 4 is 35.2 Å². The van der Waals surface area contributed by atoms with Crippen LogP contribution in [0.2, 0.25) is 0 Å². The summed E-state index contributed by atoms with van der Waals surface area (Å²) in [7, 11) is -1.55. The first-order valence-corrected chi connectivity index (χ1v) is 4.96. The second-order valence-electron chi connectivity index (χ2n) is 3.01. The normalized spacial score (nSPS) is 20.0. The molecule has 0 bridgehead atoms. The fraction of sp³-hybridized carbons (Fsp3) is 0.143. The monoisotopic (exact) mass is 226 g/mol. The number of hydrogen-bond acceptors (Lipinski definition) is 5. The molecule has 3 amide bonds. The van der Waals surface area contributed by atoms with Gasteiger partial charge in [0.25, 0.3) is 5.91 Å². The van der Waals surface area contributed by atoms with Crippen molar-refractivity contribution in [1.82, 2.24) is 10.6 Å². The molecule has 1 aromatic heterocycles. The Labute approximate surface area is 89.1 Å². The molecule has 0 aromatic carbocycles. The number of hydrogen-bond donors (Lipinski definition) is 4. The fourth-order valence-electron chi connectivity index (χ4n) is 1.28. The van der Waals surface area contributed by atoms with Gasteiger partial charge in [-0.2, -0.15) is 0 Å². The van der Waals surface area contributed by atoms with Gasteiger partial charge in [0.15, 0.2) is 0 Å². The summed E-state index contributed by atoms with van der Waals surface area (Å²) in [5.41, 5.74) is 0. The molecule has 15 heavy (non-hydrogen) atoms. The Morgan fingerprint density at radius 3 is 2.53 bits per heavy atom. The third-order valence-corrected chi connectivity index (χ3v) is 3.15. The molecule has 1 aliphatic heterocycles. The third kappa shape index (κ3) is 1.87. The number of urea groups is 1. The highest BCUT2D eigenvalue weighted by molar-refractivity contribution is 7.22. The van der Waals surface area contributed by atoms with Gasteiger partial charge >= 0.3 is 13.1 Å². The molecule has 8 heteroatoms. The van der Waals surface area contributed by atoms with Crippen LogP contribution in [-0.2, 0) is 4.79 Å². The predicted molar refractivity (Wildman–Crippen MR) is 53.6 cm³/mol. The number of carbonyl (C=O) groups excluding carboxylic acids is 2. The predicted octanol–water partition coefficient (Wildman–Crippen LogP) is -1.69. The molecule has 1 atom stereocenters. The Kier molecular flexibility index (Phi) is 2.47. The van der Waals surface area contributed by atoms with Gasteiger partial charge in [-0.15, -0.1) is 11.3 Å². The molecule has 2 heterocycles. The molecule has 78 valence electrons. The maximum Gasteiger partial charge on any atom is 0.499 e. The Bertz CT molecular complexity index is 419. The lowest BCUT2D eigenvalue weighted by molar-refractivity contribution is -0.120. The van der Waals surface area contributed by atoms with Crippen LogP contribution in [0.4, 0.5) is 4.79 Å². The Balaban J connectivity index is 2.23. The van der Waals surface area contributed by atoms with Crippen molar-refractivity contribution < 1.29 is 19.6 Å². The lowest BCUT2D eigenvalue weighted by atomic mass is 9.90. The van der Waals surface area contributed by atoms with Gasteiger partial charge in [-0.3, -0.25) is 10.1 Å². The van der Waals surface area contributed by atoms with Crippen LogP contribution in [0.3, 0.4) is 0 Å². The van der Waals surface area contributed by atoms with Crippen molar-refractivity contribution in [3.63, 3.8) is 0 Å². The van der Waals surface area contributed by atoms with E-state index in [2.05, 4.69) is 10.6 Å². The first-order chi connectivity index (χ1) is 7.08. The van der Waals surface area contributed by atoms with Crippen LogP contribution in [0.5, 0.6) is 0 Å². The third-order valence-electron chi connectivity index (χ3n) is 1.96. The highest BCUT2D eigenvalue weighted by Gasteiger charge is 2.32. The first kappa shape index (κ1) is 10.2. The summed E-state index contributed by atoms with van der Waals surface area (Å²) in [6.45, 7) is 0. The van der Waals surface area contributed by atoms with Crippen LogP contribution in [0.25, 0.3) is 0 Å². The molecule has 1 fully saturated rings. The van der Waals surface area contributed by atoms with Gasteiger partial charge < -0.3 is 15.4 Å². The van der Waals surface area contributed by atoms with Gasteiger partial charge in [-0.05, 0) is 6.07 Å². The summed E-state index contributed by atoms with van der Waals surface area (Å²) in [5.74, 6) is -0.430. The van der Waals surface area contributed by atoms with Crippen molar-refractivity contribution in [1.29, 1.82) is 0 Å². The maximum atomic E-state index is 11.3. The Morgan fingerprint density at radius 2 is 2.07 bits per heavy atom. The number of thiophene rings is 1. The van der Waals surface area contributed by atoms with Crippen LogP contribution >= 0.6 is 11.3 Å². The number of amides is 3. The molecule has 0 aliphatic carbocycles. The van der Waals surface area contributed by atoms with E-state index < -0.39 is 25.1 Å². The molecule has 0 spiro atoms. The molecular formula is C7H7BN2O4S. The molecule has 2 rings (SSSR count). The molecule has 1 aliphatic rings. The van der Waals surface area contributed by atoms with E-state index in [0.717, 1.165) is 11.3 Å². The molecule has 6 nitrogen and oxygen atoms in total. The van der Waals surface area contributed by atoms with E-state index in [1.54, 1.807) is 6.07 Å². The van der Waals surface area contributed by atoms with Crippen LogP contribution in [-0.4, -0.2) is 29.1 Å². The van der Waals surface area contributed by atoms with Crippen molar-refractivity contribution in [2.24, 2.45) is 0 Å². The van der Waals surface area contributed by atoms with E-state index in [9.17, 15) is 9.59 Å². The minimum Gasteiger partial charge on any atom is -0.423 e. The largest absolute Gasteiger partial charge is 0.499 e. The lowest BCUT2D eigenvalue weighted by Crippen LogP contribution is -2.26. The van der Waals surface area contributed by atoms with Gasteiger partial charge in [0, 0.05) is 9.65 Å². The number of imide groups is 1. The zero-order valence-electron chi connectivity index (χ0n) is 7.43. The van der Waals surface area contributed by atoms with E-state index in [0.29, 0.717) is 9.65 Å². The molecule has 0 unspecified atom stereocenters. The van der Waals surface area contributed by atoms with Gasteiger partial charge in [0.1, 0.15) is 6.04 Å². The molecule has 1 saturated heterocycles. The molecular weight excluding hydrogens is 219 g/mol. The molecule has 0 saturated carbocycles. The topological polar surface area (TPSA) is 98.7 Å². The van der Waals surface area contributed by atoms with Crippen LogP contribution in [0.15, 0.2) is 12.1 Å². The summed E-state index contributed by atoms with van der Waals surface area (Å²) in [4.78, 5) is 22.7. The summed E-state index contributed by atoms with van der Waals surface area (Å²) in [6, 6.07) is 1.82. The Hall–Kier alpha value is -1.38. The number of nitrogens with one attached hydrogen (secondary N) is 2. The molecule has 1 aromatic rings. The smallest absolute Gasteiger partial charge is 0.423 e. The molecule has 4 N–H and O–H groups in total. The minimum atomic E-state index is -1.55. The van der Waals surface area contributed by atoms with Gasteiger partial charge in [0.05, 0.1) is 0 Å². The maximum absolute atomic E-state index is 11.3. The van der Waals surface area contributed by atoms with Crippen molar-refractivity contribution in [2.75, 3.05) is 0 Å². The van der Waals surface area contributed by atoms with Gasteiger partial charge in [0.2, 0.25) is 0 Å². The summed E-state index contributed by atoms with van der Waals surface area (Å²) in [5, 5.41) is 22.3. The zero-order valence-corrected chi connectivity index (χ0v) is 8.25. The highest BCUT2D eigenvalue weighted by Crippen LogP contribution is 2.20. The van der Waals surface area contributed by atoms with Gasteiger partial charge in [-0.25, -0.2) is 4.79 Å². The second kappa shape index (κ2) is 3.65. The fourth-order valence-corrected chi connectivity index (χ4v) is 2.21. The quantitative estimate of drug-likeness (QED) is 0.357. The van der Waals surface area contributed by atoms with E-state index in [4.69, 9.17) is 10.0 Å². The van der Waals surface area contributed by atoms with Crippen LogP contribution in [0.1, 0.15) is 10.9 Å². The molecule has 0 radical (unpaired) electrons. The second-order valence-corrected chi connectivity index (χ2v) is 4.16. The van der Waals surface area contributed by atoms with Crippen molar-refractivity contribution in [2.45, 2.75) is 6.04 Å². The standard InChI is InChI=1S/C7H7BN2O4S/c11-6-5(9-7(12)10-6)3-1-2-4(15-3)8(13)14/h1-2,5,13-14H,(H2,9,10,11,12)/t5-/m0/s1. The average molecular weight is 226 g/mol. The van der Waals surface area contributed by atoms with Crippen molar-refractivity contribution in [3.05, 3.63) is 17.0 Å². The minimum absolute atomic E-state index is 0.332. The van der Waals surface area contributed by atoms with E-state index in [-0.39, 0.29) is 0 Å². The van der Waals surface area contributed by atoms with Crippen LogP contribution in [0, 0.1) is 0 Å². The van der Waals surface area contributed by atoms with E-state index in [1.165, 1.54) is 6.07 Å². The zero-order chi connectivity index (χ0) is 11.0. The average Bonchev–Trinajstić information content (AvgIpc) is 2.71. The van der Waals surface area contributed by atoms with E-state index in [1.807, 2.05) is 0 Å². The summed E-state index contributed by atoms with van der Waals surface area (Å²) >= 11 is 1.07. The highest BCUT2D eigenvalue weighted by atomic mass is 32.1. The van der Waals surface area contributed by atoms with E-state index >= 15 is 0 Å². The number of carbonyl (C=O) groups is 2. The number of rotatable bonds is 2. The summed E-state index contributed by atoms with van der Waals surface area (Å²) < 4.78 is 0.332. The van der Waals surface area contributed by atoms with Crippen LogP contribution < -0.4 is 15.4 Å².